The van der Waals surface area contributed by atoms with Gasteiger partial charge in [-0.3, -0.25) is 4.79 Å². The summed E-state index contributed by atoms with van der Waals surface area (Å²) in [5, 5.41) is 9.12. The second-order valence-electron chi connectivity index (χ2n) is 10.4. The molecule has 1 rings (SSSR count). The summed E-state index contributed by atoms with van der Waals surface area (Å²) in [5.74, 6) is 0.963. The molecule has 1 unspecified atom stereocenters. The third kappa shape index (κ3) is 16.8. The van der Waals surface area contributed by atoms with Gasteiger partial charge in [0.2, 0.25) is 0 Å². The molecule has 0 aromatic carbocycles. The first-order valence-corrected chi connectivity index (χ1v) is 15.0. The van der Waals surface area contributed by atoms with Gasteiger partial charge in [0.15, 0.2) is 0 Å². The maximum absolute atomic E-state index is 12.3. The Balaban J connectivity index is 2.23. The molecule has 6 heteroatoms. The number of carbonyl (C=O) groups excluding carboxylic acids is 1. The Hall–Kier alpha value is -1.85. The molecule has 0 aliphatic carbocycles. The lowest BCUT2D eigenvalue weighted by Crippen LogP contribution is -2.14. The molecule has 1 heterocycles. The molecule has 0 saturated heterocycles. The minimum absolute atomic E-state index is 0.0918. The maximum atomic E-state index is 12.3. The fourth-order valence-electron chi connectivity index (χ4n) is 4.80. The molecule has 0 radical (unpaired) electrons. The van der Waals surface area contributed by atoms with E-state index in [1.54, 1.807) is 0 Å². The van der Waals surface area contributed by atoms with E-state index in [0.717, 1.165) is 23.8 Å². The Morgan fingerprint density at radius 1 is 0.806 bits per heavy atom. The van der Waals surface area contributed by atoms with E-state index in [-0.39, 0.29) is 5.97 Å². The number of carboxylic acid groups (broad SMARTS) is 1. The van der Waals surface area contributed by atoms with E-state index in [1.807, 2.05) is 0 Å². The fourth-order valence-corrected chi connectivity index (χ4v) is 4.80. The number of hydrogen-bond donors (Lipinski definition) is 1. The number of aromatic nitrogens is 2. The van der Waals surface area contributed by atoms with E-state index in [2.05, 4.69) is 18.8 Å². The highest BCUT2D eigenvalue weighted by Gasteiger charge is 2.13. The molecular weight excluding hydrogens is 452 g/mol. The number of esters is 1. The Labute approximate surface area is 220 Å². The third-order valence-corrected chi connectivity index (χ3v) is 7.12. The van der Waals surface area contributed by atoms with E-state index in [1.165, 1.54) is 115 Å². The zero-order chi connectivity index (χ0) is 26.3. The van der Waals surface area contributed by atoms with Crippen molar-refractivity contribution in [1.29, 1.82) is 0 Å². The average Bonchev–Trinajstić information content (AvgIpc) is 3.34. The smallest absolute Gasteiger partial charge is 0.416 e. The molecule has 6 nitrogen and oxygen atoms in total. The van der Waals surface area contributed by atoms with Crippen LogP contribution in [0.3, 0.4) is 0 Å². The number of rotatable bonds is 24. The molecule has 1 aromatic rings. The van der Waals surface area contributed by atoms with Gasteiger partial charge in [-0.05, 0) is 31.6 Å². The van der Waals surface area contributed by atoms with Crippen LogP contribution in [0, 0.1) is 5.92 Å². The number of carbonyl (C=O) groups is 2. The first kappa shape index (κ1) is 32.2. The first-order valence-electron chi connectivity index (χ1n) is 15.0. The van der Waals surface area contributed by atoms with Crippen molar-refractivity contribution in [2.45, 2.75) is 149 Å². The summed E-state index contributed by atoms with van der Waals surface area (Å²) in [5.41, 5.74) is 0. The van der Waals surface area contributed by atoms with Crippen LogP contribution in [0.25, 0.3) is 0 Å². The standard InChI is InChI=1S/C30H54N2O4/c1-3-5-7-9-11-12-14-17-21-27(20-16-13-10-8-6-4-2)26-36-29(33)23-19-15-18-22-28-31-24-25-32(28)30(34)35/h24-25,27H,3-23,26H2,1-2H3,(H,34,35). The van der Waals surface area contributed by atoms with Gasteiger partial charge in [-0.2, -0.15) is 0 Å². The predicted molar refractivity (Wildman–Crippen MR) is 147 cm³/mol. The number of hydrogen-bond acceptors (Lipinski definition) is 4. The van der Waals surface area contributed by atoms with Crippen LogP contribution in [0.1, 0.15) is 148 Å². The summed E-state index contributed by atoms with van der Waals surface area (Å²) < 4.78 is 6.85. The maximum Gasteiger partial charge on any atom is 0.416 e. The monoisotopic (exact) mass is 506 g/mol. The Bertz CT molecular complexity index is 674. The molecule has 1 atom stereocenters. The van der Waals surface area contributed by atoms with E-state index in [9.17, 15) is 9.59 Å². The molecule has 0 aliphatic heterocycles. The van der Waals surface area contributed by atoms with Crippen LogP contribution in [0.4, 0.5) is 4.79 Å². The topological polar surface area (TPSA) is 81.4 Å². The van der Waals surface area contributed by atoms with E-state index in [4.69, 9.17) is 9.84 Å². The third-order valence-electron chi connectivity index (χ3n) is 7.12. The van der Waals surface area contributed by atoms with Gasteiger partial charge in [-0.15, -0.1) is 0 Å². The van der Waals surface area contributed by atoms with Crippen molar-refractivity contribution in [3.63, 3.8) is 0 Å². The highest BCUT2D eigenvalue weighted by molar-refractivity contribution is 5.69. The fraction of sp³-hybridized carbons (Fsp3) is 0.833. The molecule has 0 spiro atoms. The highest BCUT2D eigenvalue weighted by Crippen LogP contribution is 2.20. The normalized spacial score (nSPS) is 12.1. The lowest BCUT2D eigenvalue weighted by atomic mass is 9.94. The largest absolute Gasteiger partial charge is 0.465 e. The zero-order valence-corrected chi connectivity index (χ0v) is 23.4. The summed E-state index contributed by atoms with van der Waals surface area (Å²) in [6, 6.07) is 0. The number of imidazole rings is 1. The van der Waals surface area contributed by atoms with Crippen LogP contribution in [0.15, 0.2) is 12.4 Å². The van der Waals surface area contributed by atoms with Crippen LogP contribution >= 0.6 is 0 Å². The van der Waals surface area contributed by atoms with Gasteiger partial charge in [0.1, 0.15) is 5.82 Å². The summed E-state index contributed by atoms with van der Waals surface area (Å²) in [7, 11) is 0. The quantitative estimate of drug-likeness (QED) is 0.112. The van der Waals surface area contributed by atoms with E-state index >= 15 is 0 Å². The summed E-state index contributed by atoms with van der Waals surface area (Å²) >= 11 is 0. The SMILES string of the molecule is CCCCCCCCCCC(CCCCCCCC)COC(=O)CCCCCc1nccn1C(=O)O. The van der Waals surface area contributed by atoms with Crippen molar-refractivity contribution in [3.05, 3.63) is 18.2 Å². The van der Waals surface area contributed by atoms with Crippen molar-refractivity contribution in [2.24, 2.45) is 5.92 Å². The second kappa shape index (κ2) is 22.4. The Morgan fingerprint density at radius 2 is 1.33 bits per heavy atom. The molecule has 1 aromatic heterocycles. The van der Waals surface area contributed by atoms with E-state index < -0.39 is 6.09 Å². The molecule has 0 bridgehead atoms. The van der Waals surface area contributed by atoms with Crippen LogP contribution < -0.4 is 0 Å². The van der Waals surface area contributed by atoms with Crippen LogP contribution in [0.5, 0.6) is 0 Å². The molecule has 0 amide bonds. The zero-order valence-electron chi connectivity index (χ0n) is 23.4. The van der Waals surface area contributed by atoms with E-state index in [0.29, 0.717) is 31.2 Å². The second-order valence-corrected chi connectivity index (χ2v) is 10.4. The van der Waals surface area contributed by atoms with Gasteiger partial charge in [0, 0.05) is 25.2 Å². The summed E-state index contributed by atoms with van der Waals surface area (Å²) in [6.07, 6.45) is 26.3. The number of ether oxygens (including phenoxy) is 1. The van der Waals surface area contributed by atoms with Gasteiger partial charge >= 0.3 is 12.1 Å². The van der Waals surface area contributed by atoms with Crippen molar-refractivity contribution >= 4 is 12.1 Å². The molecule has 36 heavy (non-hydrogen) atoms. The average molecular weight is 507 g/mol. The van der Waals surface area contributed by atoms with Crippen molar-refractivity contribution in [3.8, 4) is 0 Å². The van der Waals surface area contributed by atoms with Gasteiger partial charge in [0.05, 0.1) is 6.61 Å². The van der Waals surface area contributed by atoms with Crippen LogP contribution in [-0.4, -0.2) is 33.3 Å². The number of unbranched alkanes of at least 4 members (excludes halogenated alkanes) is 14. The highest BCUT2D eigenvalue weighted by atomic mass is 16.5. The van der Waals surface area contributed by atoms with Gasteiger partial charge < -0.3 is 9.84 Å². The van der Waals surface area contributed by atoms with Crippen molar-refractivity contribution in [1.82, 2.24) is 9.55 Å². The number of aryl methyl sites for hydroxylation is 1. The van der Waals surface area contributed by atoms with Gasteiger partial charge in [-0.25, -0.2) is 14.3 Å². The number of nitrogens with zero attached hydrogens (tertiary/aromatic N) is 2. The Morgan fingerprint density at radius 3 is 1.89 bits per heavy atom. The molecule has 208 valence electrons. The summed E-state index contributed by atoms with van der Waals surface area (Å²) in [4.78, 5) is 27.5. The molecule has 0 aliphatic rings. The predicted octanol–water partition coefficient (Wildman–Crippen LogP) is 8.95. The molecule has 0 saturated carbocycles. The van der Waals surface area contributed by atoms with Crippen molar-refractivity contribution < 1.29 is 19.4 Å². The van der Waals surface area contributed by atoms with Gasteiger partial charge in [0.25, 0.3) is 0 Å². The van der Waals surface area contributed by atoms with Gasteiger partial charge in [-0.1, -0.05) is 110 Å². The molecular formula is C30H54N2O4. The van der Waals surface area contributed by atoms with Crippen LogP contribution in [0.2, 0.25) is 0 Å². The minimum Gasteiger partial charge on any atom is -0.465 e. The first-order chi connectivity index (χ1) is 17.6. The summed E-state index contributed by atoms with van der Waals surface area (Å²) in [6.45, 7) is 5.08. The lowest BCUT2D eigenvalue weighted by molar-refractivity contribution is -0.145. The van der Waals surface area contributed by atoms with Crippen LogP contribution in [-0.2, 0) is 16.0 Å². The Kier molecular flexibility index (Phi) is 20.0. The minimum atomic E-state index is -1.01. The lowest BCUT2D eigenvalue weighted by Gasteiger charge is -2.17. The van der Waals surface area contributed by atoms with Crippen molar-refractivity contribution in [2.75, 3.05) is 6.61 Å². The molecule has 0 fully saturated rings. The molecule has 1 N–H and O–H groups in total.